The van der Waals surface area contributed by atoms with Gasteiger partial charge in [-0.2, -0.15) is 11.5 Å². The van der Waals surface area contributed by atoms with E-state index in [1.165, 1.54) is 24.8 Å². The summed E-state index contributed by atoms with van der Waals surface area (Å²) in [5, 5.41) is 4.44. The Labute approximate surface area is 171 Å². The first-order chi connectivity index (χ1) is 10.7. The van der Waals surface area contributed by atoms with E-state index in [9.17, 15) is 0 Å². The zero-order valence-corrected chi connectivity index (χ0v) is 18.6. The molecule has 2 aromatic heterocycles. The van der Waals surface area contributed by atoms with Crippen molar-refractivity contribution in [2.24, 2.45) is 0 Å². The third-order valence-electron chi connectivity index (χ3n) is 4.53. The van der Waals surface area contributed by atoms with Crippen molar-refractivity contribution >= 4 is 11.5 Å². The second kappa shape index (κ2) is 7.03. The molecule has 0 aromatic carbocycles. The molecule has 2 aromatic rings. The maximum atomic E-state index is 4.96. The van der Waals surface area contributed by atoms with Gasteiger partial charge in [-0.1, -0.05) is 45.5 Å². The van der Waals surface area contributed by atoms with E-state index in [1.54, 1.807) is 0 Å². The maximum absolute atomic E-state index is 4.96. The first-order valence-electron chi connectivity index (χ1n) is 8.57. The average molecular weight is 401 g/mol. The zero-order chi connectivity index (χ0) is 16.8. The van der Waals surface area contributed by atoms with Gasteiger partial charge >= 0.3 is 0 Å². The molecular weight excluding hydrogens is 373 g/mol. The molecule has 1 atom stereocenters. The first kappa shape index (κ1) is 19.8. The van der Waals surface area contributed by atoms with Crippen LogP contribution in [0.25, 0.3) is 5.65 Å². The summed E-state index contributed by atoms with van der Waals surface area (Å²) in [5.41, 5.74) is 2.16. The summed E-state index contributed by atoms with van der Waals surface area (Å²) in [5.74, 6) is 0.930. The molecule has 0 bridgehead atoms. The molecule has 129 valence electrons. The van der Waals surface area contributed by atoms with Gasteiger partial charge in [0.05, 0.1) is 6.20 Å². The van der Waals surface area contributed by atoms with Gasteiger partial charge in [0.1, 0.15) is 0 Å². The molecule has 1 unspecified atom stereocenters. The van der Waals surface area contributed by atoms with E-state index in [4.69, 9.17) is 4.98 Å². The second-order valence-corrected chi connectivity index (χ2v) is 8.56. The van der Waals surface area contributed by atoms with Crippen LogP contribution in [0.4, 0.5) is 5.82 Å². The number of hydrogen-bond donors (Lipinski definition) is 0. The van der Waals surface area contributed by atoms with Crippen LogP contribution in [-0.2, 0) is 38.1 Å². The van der Waals surface area contributed by atoms with Gasteiger partial charge < -0.3 is 17.4 Å². The number of fused-ring (bicyclic) bond motifs is 1. The number of anilines is 1. The molecule has 0 saturated heterocycles. The van der Waals surface area contributed by atoms with Crippen LogP contribution < -0.4 is 4.90 Å². The molecule has 1 aliphatic carbocycles. The largest absolute Gasteiger partial charge is 0.408 e. The minimum Gasteiger partial charge on any atom is -0.408 e. The molecule has 1 saturated carbocycles. The van der Waals surface area contributed by atoms with Gasteiger partial charge in [-0.25, -0.2) is 0 Å². The van der Waals surface area contributed by atoms with Crippen molar-refractivity contribution in [1.29, 1.82) is 0 Å². The van der Waals surface area contributed by atoms with Gasteiger partial charge in [-0.05, 0) is 26.2 Å². The quantitative estimate of drug-likeness (QED) is 0.708. The van der Waals surface area contributed by atoms with Crippen LogP contribution >= 0.6 is 0 Å². The van der Waals surface area contributed by atoms with E-state index in [2.05, 4.69) is 64.0 Å². The van der Waals surface area contributed by atoms with Crippen molar-refractivity contribution in [3.63, 3.8) is 0 Å². The molecule has 5 heteroatoms. The van der Waals surface area contributed by atoms with E-state index in [0.29, 0.717) is 6.04 Å². The van der Waals surface area contributed by atoms with Crippen molar-refractivity contribution < 1.29 is 32.7 Å². The average Bonchev–Trinajstić information content (AvgIpc) is 3.04. The van der Waals surface area contributed by atoms with Crippen molar-refractivity contribution in [2.45, 2.75) is 77.8 Å². The molecule has 1 radical (unpaired) electrons. The molecule has 0 amide bonds. The molecule has 24 heavy (non-hydrogen) atoms. The van der Waals surface area contributed by atoms with E-state index < -0.39 is 0 Å². The molecule has 4 nitrogen and oxygen atoms in total. The fourth-order valence-corrected chi connectivity index (χ4v) is 3.43. The summed E-state index contributed by atoms with van der Waals surface area (Å²) in [6.45, 7) is 13.4. The maximum Gasteiger partial charge on any atom is 0.154 e. The molecule has 0 N–H and O–H groups in total. The number of rotatable bonds is 2. The zero-order valence-electron chi connectivity index (χ0n) is 15.8. The van der Waals surface area contributed by atoms with Crippen molar-refractivity contribution in [3.05, 3.63) is 30.4 Å². The first-order valence-corrected chi connectivity index (χ1v) is 8.57. The molecular formula is C19H28N4Y-2. The van der Waals surface area contributed by atoms with Crippen molar-refractivity contribution in [2.75, 3.05) is 4.90 Å². The third-order valence-corrected chi connectivity index (χ3v) is 4.53. The third kappa shape index (κ3) is 3.85. The monoisotopic (exact) mass is 401 g/mol. The molecule has 0 aliphatic heterocycles. The number of hydrogen-bond acceptors (Lipinski definition) is 3. The molecule has 1 fully saturated rings. The fourth-order valence-electron chi connectivity index (χ4n) is 3.43. The number of nitrogens with zero attached hydrogens (tertiary/aromatic N) is 4. The summed E-state index contributed by atoms with van der Waals surface area (Å²) in [4.78, 5) is 7.38. The van der Waals surface area contributed by atoms with Crippen molar-refractivity contribution in [1.82, 2.24) is 14.6 Å². The Morgan fingerprint density at radius 3 is 2.50 bits per heavy atom. The van der Waals surface area contributed by atoms with Crippen LogP contribution in [0.1, 0.15) is 66.4 Å². The molecule has 0 spiro atoms. The number of aromatic nitrogens is 3. The van der Waals surface area contributed by atoms with Crippen LogP contribution in [0, 0.1) is 12.5 Å². The Morgan fingerprint density at radius 2 is 1.96 bits per heavy atom. The van der Waals surface area contributed by atoms with Gasteiger partial charge in [-0.15, -0.1) is 6.20 Å². The minimum atomic E-state index is 0. The van der Waals surface area contributed by atoms with Crippen molar-refractivity contribution in [3.8, 4) is 0 Å². The van der Waals surface area contributed by atoms with Gasteiger partial charge in [0.25, 0.3) is 0 Å². The Balaban J connectivity index is 0.00000208. The fraction of sp³-hybridized carbons (Fsp3) is 0.632. The minimum absolute atomic E-state index is 0. The van der Waals surface area contributed by atoms with Crippen LogP contribution in [-0.4, -0.2) is 26.2 Å². The molecule has 3 rings (SSSR count). The second-order valence-electron chi connectivity index (χ2n) is 8.56. The topological polar surface area (TPSA) is 33.4 Å². The smallest absolute Gasteiger partial charge is 0.154 e. The Kier molecular flexibility index (Phi) is 5.81. The van der Waals surface area contributed by atoms with Gasteiger partial charge in [-0.3, -0.25) is 9.50 Å². The van der Waals surface area contributed by atoms with Gasteiger partial charge in [0.2, 0.25) is 0 Å². The van der Waals surface area contributed by atoms with Crippen LogP contribution in [0.3, 0.4) is 0 Å². The van der Waals surface area contributed by atoms with Crippen LogP contribution in [0.2, 0.25) is 0 Å². The van der Waals surface area contributed by atoms with Crippen LogP contribution in [0.5, 0.6) is 0 Å². The standard InChI is InChI=1S/C19H28N4.Y/c1-18(2,3)15-13-20-22-12-11-16(21-17(15)22)23(19(4,5)6)14-9-7-8-10-14;/h9,12-14H,7-8,10H2,1-6H3;/q-2;. The SMILES string of the molecule is CC(C)(C)c1cnn2c[c-]c(N(C3[CH-]CCC3)C(C)(C)C)nc12.[Y]. The Bertz CT molecular complexity index is 687. The molecule has 1 aliphatic rings. The summed E-state index contributed by atoms with van der Waals surface area (Å²) in [6, 6.07) is 3.80. The predicted octanol–water partition coefficient (Wildman–Crippen LogP) is 4.19. The Hall–Kier alpha value is -0.476. The summed E-state index contributed by atoms with van der Waals surface area (Å²) < 4.78 is 1.84. The summed E-state index contributed by atoms with van der Waals surface area (Å²) in [6.07, 6.45) is 9.93. The van der Waals surface area contributed by atoms with E-state index in [0.717, 1.165) is 11.5 Å². The predicted molar refractivity (Wildman–Crippen MR) is 94.7 cm³/mol. The summed E-state index contributed by atoms with van der Waals surface area (Å²) >= 11 is 0. The molecule has 2 heterocycles. The Morgan fingerprint density at radius 1 is 1.25 bits per heavy atom. The van der Waals surface area contributed by atoms with Gasteiger partial charge in [0, 0.05) is 43.8 Å². The normalized spacial score (nSPS) is 18.7. The van der Waals surface area contributed by atoms with E-state index in [1.807, 2.05) is 16.9 Å². The van der Waals surface area contributed by atoms with E-state index in [-0.39, 0.29) is 43.7 Å². The van der Waals surface area contributed by atoms with E-state index >= 15 is 0 Å². The summed E-state index contributed by atoms with van der Waals surface area (Å²) in [7, 11) is 0. The van der Waals surface area contributed by atoms with Crippen LogP contribution in [0.15, 0.2) is 12.4 Å². The van der Waals surface area contributed by atoms with Gasteiger partial charge in [0.15, 0.2) is 5.65 Å².